The van der Waals surface area contributed by atoms with Crippen LogP contribution in [0.4, 0.5) is 4.79 Å². The van der Waals surface area contributed by atoms with Crippen molar-refractivity contribution in [2.24, 2.45) is 7.05 Å². The van der Waals surface area contributed by atoms with Crippen LogP contribution in [0.25, 0.3) is 0 Å². The SMILES string of the molecule is CCC1(c2cnn(C)c2)CC(=O)NC(=O)N1C. The molecule has 6 heteroatoms. The molecule has 2 rings (SSSR count). The number of aromatic nitrogens is 2. The molecule has 1 saturated heterocycles. The summed E-state index contributed by atoms with van der Waals surface area (Å²) in [5, 5.41) is 6.43. The average Bonchev–Trinajstić information content (AvgIpc) is 2.71. The predicted molar refractivity (Wildman–Crippen MR) is 61.1 cm³/mol. The van der Waals surface area contributed by atoms with Gasteiger partial charge in [-0.25, -0.2) is 4.79 Å². The van der Waals surface area contributed by atoms with Gasteiger partial charge in [0.25, 0.3) is 0 Å². The van der Waals surface area contributed by atoms with Crippen molar-refractivity contribution in [2.75, 3.05) is 7.05 Å². The van der Waals surface area contributed by atoms with Crippen LogP contribution in [0.1, 0.15) is 25.3 Å². The van der Waals surface area contributed by atoms with E-state index in [1.165, 1.54) is 0 Å². The number of nitrogens with zero attached hydrogens (tertiary/aromatic N) is 3. The molecule has 0 aromatic carbocycles. The largest absolute Gasteiger partial charge is 0.324 e. The fourth-order valence-electron chi connectivity index (χ4n) is 2.35. The summed E-state index contributed by atoms with van der Waals surface area (Å²) in [5.41, 5.74) is 0.321. The number of aryl methyl sites for hydroxylation is 1. The minimum absolute atomic E-state index is 0.237. The van der Waals surface area contributed by atoms with Gasteiger partial charge in [0, 0.05) is 25.9 Å². The standard InChI is InChI=1S/C11H16N4O2/c1-4-11(8-6-12-14(2)7-8)5-9(16)13-10(17)15(11)3/h6-7H,4-5H2,1-3H3,(H,13,16,17). The number of carbonyl (C=O) groups excluding carboxylic acids is 2. The van der Waals surface area contributed by atoms with Gasteiger partial charge in [0.05, 0.1) is 18.2 Å². The number of hydrogen-bond donors (Lipinski definition) is 1. The number of urea groups is 1. The maximum Gasteiger partial charge on any atom is 0.324 e. The number of hydrogen-bond acceptors (Lipinski definition) is 3. The van der Waals surface area contributed by atoms with Crippen molar-refractivity contribution < 1.29 is 9.59 Å². The van der Waals surface area contributed by atoms with Crippen molar-refractivity contribution in [1.29, 1.82) is 0 Å². The molecule has 3 amide bonds. The lowest BCUT2D eigenvalue weighted by Crippen LogP contribution is -2.59. The van der Waals surface area contributed by atoms with Crippen LogP contribution in [-0.2, 0) is 17.4 Å². The van der Waals surface area contributed by atoms with Gasteiger partial charge in [0.15, 0.2) is 0 Å². The summed E-state index contributed by atoms with van der Waals surface area (Å²) in [5.74, 6) is -0.237. The molecule has 1 aliphatic heterocycles. The molecule has 0 spiro atoms. The average molecular weight is 236 g/mol. The summed E-state index contributed by atoms with van der Waals surface area (Å²) in [6.07, 6.45) is 4.52. The Morgan fingerprint density at radius 3 is 2.71 bits per heavy atom. The van der Waals surface area contributed by atoms with Crippen molar-refractivity contribution in [3.8, 4) is 0 Å². The van der Waals surface area contributed by atoms with Gasteiger partial charge in [-0.15, -0.1) is 0 Å². The van der Waals surface area contributed by atoms with Gasteiger partial charge in [0.1, 0.15) is 0 Å². The van der Waals surface area contributed by atoms with Gasteiger partial charge >= 0.3 is 6.03 Å². The van der Waals surface area contributed by atoms with Gasteiger partial charge in [-0.3, -0.25) is 14.8 Å². The molecule has 1 aliphatic rings. The lowest BCUT2D eigenvalue weighted by molar-refractivity contribution is -0.125. The van der Waals surface area contributed by atoms with E-state index in [1.54, 1.807) is 22.8 Å². The smallest absolute Gasteiger partial charge is 0.317 e. The summed E-state index contributed by atoms with van der Waals surface area (Å²) in [7, 11) is 3.52. The first-order valence-corrected chi connectivity index (χ1v) is 5.56. The Morgan fingerprint density at radius 2 is 2.18 bits per heavy atom. The number of carbonyl (C=O) groups is 2. The van der Waals surface area contributed by atoms with Gasteiger partial charge in [-0.2, -0.15) is 5.10 Å². The Morgan fingerprint density at radius 1 is 1.47 bits per heavy atom. The number of imide groups is 1. The van der Waals surface area contributed by atoms with Crippen molar-refractivity contribution >= 4 is 11.9 Å². The Balaban J connectivity index is 2.48. The fraction of sp³-hybridized carbons (Fsp3) is 0.545. The maximum atomic E-state index is 11.7. The zero-order valence-electron chi connectivity index (χ0n) is 10.2. The van der Waals surface area contributed by atoms with E-state index >= 15 is 0 Å². The van der Waals surface area contributed by atoms with Crippen LogP contribution >= 0.6 is 0 Å². The topological polar surface area (TPSA) is 67.2 Å². The van der Waals surface area contributed by atoms with E-state index in [4.69, 9.17) is 0 Å². The Bertz CT molecular complexity index is 468. The van der Waals surface area contributed by atoms with Crippen molar-refractivity contribution in [3.05, 3.63) is 18.0 Å². The van der Waals surface area contributed by atoms with Gasteiger partial charge < -0.3 is 4.90 Å². The van der Waals surface area contributed by atoms with Crippen LogP contribution in [0.5, 0.6) is 0 Å². The Hall–Kier alpha value is -1.85. The molecular formula is C11H16N4O2. The molecule has 0 bridgehead atoms. The summed E-state index contributed by atoms with van der Waals surface area (Å²) in [6.45, 7) is 1.97. The van der Waals surface area contributed by atoms with Crippen molar-refractivity contribution in [1.82, 2.24) is 20.0 Å². The number of nitrogens with one attached hydrogen (secondary N) is 1. The van der Waals surface area contributed by atoms with E-state index in [-0.39, 0.29) is 18.4 Å². The predicted octanol–water partition coefficient (Wildman–Crippen LogP) is 0.597. The minimum Gasteiger partial charge on any atom is -0.317 e. The maximum absolute atomic E-state index is 11.7. The van der Waals surface area contributed by atoms with E-state index in [2.05, 4.69) is 10.4 Å². The van der Waals surface area contributed by atoms with Crippen LogP contribution in [0.3, 0.4) is 0 Å². The van der Waals surface area contributed by atoms with Crippen LogP contribution in [0.2, 0.25) is 0 Å². The second kappa shape index (κ2) is 3.87. The third kappa shape index (κ3) is 1.69. The van der Waals surface area contributed by atoms with Crippen LogP contribution in [-0.4, -0.2) is 33.7 Å². The van der Waals surface area contributed by atoms with E-state index in [9.17, 15) is 9.59 Å². The van der Waals surface area contributed by atoms with E-state index in [0.717, 1.165) is 5.56 Å². The molecule has 2 heterocycles. The molecule has 1 N–H and O–H groups in total. The van der Waals surface area contributed by atoms with Crippen LogP contribution in [0, 0.1) is 0 Å². The summed E-state index contributed by atoms with van der Waals surface area (Å²) < 4.78 is 1.68. The first kappa shape index (κ1) is 11.6. The molecule has 0 radical (unpaired) electrons. The zero-order valence-corrected chi connectivity index (χ0v) is 10.2. The first-order valence-electron chi connectivity index (χ1n) is 5.56. The lowest BCUT2D eigenvalue weighted by atomic mass is 9.83. The normalized spacial score (nSPS) is 25.0. The second-order valence-corrected chi connectivity index (χ2v) is 4.38. The monoisotopic (exact) mass is 236 g/mol. The highest BCUT2D eigenvalue weighted by Crippen LogP contribution is 2.36. The van der Waals surface area contributed by atoms with Crippen LogP contribution in [0.15, 0.2) is 12.4 Å². The summed E-state index contributed by atoms with van der Waals surface area (Å²) in [4.78, 5) is 24.9. The quantitative estimate of drug-likeness (QED) is 0.817. The molecule has 0 aliphatic carbocycles. The van der Waals surface area contributed by atoms with Gasteiger partial charge in [0.2, 0.25) is 5.91 Å². The molecule has 1 unspecified atom stereocenters. The molecule has 92 valence electrons. The first-order chi connectivity index (χ1) is 7.99. The molecule has 1 atom stereocenters. The van der Waals surface area contributed by atoms with Crippen molar-refractivity contribution in [3.63, 3.8) is 0 Å². The fourth-order valence-corrected chi connectivity index (χ4v) is 2.35. The molecule has 0 saturated carbocycles. The molecule has 6 nitrogen and oxygen atoms in total. The molecular weight excluding hydrogens is 220 g/mol. The molecule has 1 aromatic rings. The lowest BCUT2D eigenvalue weighted by Gasteiger charge is -2.43. The summed E-state index contributed by atoms with van der Waals surface area (Å²) in [6, 6.07) is -0.355. The van der Waals surface area contributed by atoms with E-state index in [0.29, 0.717) is 6.42 Å². The Kier molecular flexibility index (Phi) is 2.65. The van der Waals surface area contributed by atoms with E-state index < -0.39 is 5.54 Å². The second-order valence-electron chi connectivity index (χ2n) is 4.38. The highest BCUT2D eigenvalue weighted by Gasteiger charge is 2.44. The number of rotatable bonds is 2. The van der Waals surface area contributed by atoms with Gasteiger partial charge in [-0.1, -0.05) is 6.92 Å². The van der Waals surface area contributed by atoms with Gasteiger partial charge in [-0.05, 0) is 6.42 Å². The molecule has 17 heavy (non-hydrogen) atoms. The zero-order chi connectivity index (χ0) is 12.6. The van der Waals surface area contributed by atoms with Crippen LogP contribution < -0.4 is 5.32 Å². The van der Waals surface area contributed by atoms with Crippen molar-refractivity contribution in [2.45, 2.75) is 25.3 Å². The summed E-state index contributed by atoms with van der Waals surface area (Å²) >= 11 is 0. The highest BCUT2D eigenvalue weighted by molar-refractivity contribution is 5.98. The number of amides is 3. The Labute approximate surface area is 99.6 Å². The minimum atomic E-state index is -0.576. The van der Waals surface area contributed by atoms with E-state index in [1.807, 2.05) is 20.2 Å². The third-order valence-electron chi connectivity index (χ3n) is 3.47. The molecule has 1 fully saturated rings. The molecule has 1 aromatic heterocycles. The third-order valence-corrected chi connectivity index (χ3v) is 3.47. The highest BCUT2D eigenvalue weighted by atomic mass is 16.2.